The molecule has 106 valence electrons. The van der Waals surface area contributed by atoms with Crippen LogP contribution in [0, 0.1) is 0 Å². The zero-order valence-corrected chi connectivity index (χ0v) is 11.6. The number of ether oxygens (including phenoxy) is 1. The minimum atomic E-state index is -0.213. The van der Waals surface area contributed by atoms with E-state index in [-0.39, 0.29) is 5.91 Å². The average molecular weight is 281 g/mol. The Bertz CT molecular complexity index is 763. The standard InChI is InChI=1S/C17H15NO3/c1-20-15-7-6-13-9-12(4-5-14(13)10-15)11-18-17(19)16-3-2-8-21-16/h2-10H,11H2,1H3,(H,18,19). The summed E-state index contributed by atoms with van der Waals surface area (Å²) in [6, 6.07) is 15.3. The average Bonchev–Trinajstić information content (AvgIpc) is 3.06. The number of hydrogen-bond acceptors (Lipinski definition) is 3. The molecule has 3 aromatic rings. The summed E-state index contributed by atoms with van der Waals surface area (Å²) in [7, 11) is 1.65. The quantitative estimate of drug-likeness (QED) is 0.797. The third-order valence-electron chi connectivity index (χ3n) is 3.31. The van der Waals surface area contributed by atoms with E-state index in [1.807, 2.05) is 30.3 Å². The van der Waals surface area contributed by atoms with Crippen molar-refractivity contribution in [3.05, 3.63) is 66.1 Å². The van der Waals surface area contributed by atoms with Gasteiger partial charge in [-0.1, -0.05) is 18.2 Å². The van der Waals surface area contributed by atoms with Gasteiger partial charge in [0.25, 0.3) is 5.91 Å². The van der Waals surface area contributed by atoms with Crippen LogP contribution in [0.5, 0.6) is 5.75 Å². The molecule has 0 saturated carbocycles. The highest BCUT2D eigenvalue weighted by Gasteiger charge is 2.07. The first-order valence-electron chi connectivity index (χ1n) is 6.64. The largest absolute Gasteiger partial charge is 0.497 e. The van der Waals surface area contributed by atoms with E-state index in [9.17, 15) is 4.79 Å². The summed E-state index contributed by atoms with van der Waals surface area (Å²) in [6.07, 6.45) is 1.48. The number of carbonyl (C=O) groups excluding carboxylic acids is 1. The molecule has 4 nitrogen and oxygen atoms in total. The second-order valence-corrected chi connectivity index (χ2v) is 4.71. The van der Waals surface area contributed by atoms with Crippen LogP contribution in [0.2, 0.25) is 0 Å². The number of rotatable bonds is 4. The number of fused-ring (bicyclic) bond motifs is 1. The van der Waals surface area contributed by atoms with Gasteiger partial charge in [0.15, 0.2) is 5.76 Å². The highest BCUT2D eigenvalue weighted by molar-refractivity contribution is 5.91. The molecule has 0 radical (unpaired) electrons. The van der Waals surface area contributed by atoms with Gasteiger partial charge in [0, 0.05) is 6.54 Å². The lowest BCUT2D eigenvalue weighted by atomic mass is 10.1. The van der Waals surface area contributed by atoms with E-state index in [4.69, 9.17) is 9.15 Å². The van der Waals surface area contributed by atoms with Crippen LogP contribution in [-0.4, -0.2) is 13.0 Å². The first kappa shape index (κ1) is 13.2. The van der Waals surface area contributed by atoms with Crippen LogP contribution in [0.3, 0.4) is 0 Å². The lowest BCUT2D eigenvalue weighted by molar-refractivity contribution is 0.0923. The van der Waals surface area contributed by atoms with E-state index in [0.717, 1.165) is 22.1 Å². The Balaban J connectivity index is 1.74. The molecule has 21 heavy (non-hydrogen) atoms. The van der Waals surface area contributed by atoms with Crippen molar-refractivity contribution in [2.45, 2.75) is 6.54 Å². The van der Waals surface area contributed by atoms with Gasteiger partial charge in [0.05, 0.1) is 13.4 Å². The molecule has 0 spiro atoms. The topological polar surface area (TPSA) is 51.5 Å². The molecular weight excluding hydrogens is 266 g/mol. The molecule has 2 aromatic carbocycles. The number of furan rings is 1. The van der Waals surface area contributed by atoms with Crippen molar-refractivity contribution in [3.8, 4) is 5.75 Å². The fraction of sp³-hybridized carbons (Fsp3) is 0.118. The summed E-state index contributed by atoms with van der Waals surface area (Å²) >= 11 is 0. The first-order chi connectivity index (χ1) is 10.3. The minimum absolute atomic E-state index is 0.213. The summed E-state index contributed by atoms with van der Waals surface area (Å²) < 4.78 is 10.3. The number of methoxy groups -OCH3 is 1. The molecule has 1 amide bonds. The maximum atomic E-state index is 11.8. The van der Waals surface area contributed by atoms with E-state index >= 15 is 0 Å². The molecule has 1 N–H and O–H groups in total. The van der Waals surface area contributed by atoms with Crippen LogP contribution >= 0.6 is 0 Å². The third-order valence-corrected chi connectivity index (χ3v) is 3.31. The predicted octanol–water partition coefficient (Wildman–Crippen LogP) is 3.37. The zero-order valence-electron chi connectivity index (χ0n) is 11.6. The Morgan fingerprint density at radius 2 is 1.95 bits per heavy atom. The summed E-state index contributed by atoms with van der Waals surface area (Å²) in [5, 5.41) is 5.05. The summed E-state index contributed by atoms with van der Waals surface area (Å²) in [6.45, 7) is 0.460. The maximum absolute atomic E-state index is 11.8. The molecule has 0 atom stereocenters. The van der Waals surface area contributed by atoms with E-state index in [1.54, 1.807) is 19.2 Å². The molecular formula is C17H15NO3. The maximum Gasteiger partial charge on any atom is 0.287 e. The Labute approximate surface area is 122 Å². The Morgan fingerprint density at radius 3 is 2.71 bits per heavy atom. The van der Waals surface area contributed by atoms with Crippen molar-refractivity contribution >= 4 is 16.7 Å². The highest BCUT2D eigenvalue weighted by Crippen LogP contribution is 2.21. The number of hydrogen-bond donors (Lipinski definition) is 1. The van der Waals surface area contributed by atoms with Crippen molar-refractivity contribution in [3.63, 3.8) is 0 Å². The van der Waals surface area contributed by atoms with Gasteiger partial charge in [0.1, 0.15) is 5.75 Å². The number of carbonyl (C=O) groups is 1. The van der Waals surface area contributed by atoms with Gasteiger partial charge in [-0.2, -0.15) is 0 Å². The van der Waals surface area contributed by atoms with Crippen LogP contribution in [0.4, 0.5) is 0 Å². The fourth-order valence-corrected chi connectivity index (χ4v) is 2.19. The Kier molecular flexibility index (Phi) is 3.60. The van der Waals surface area contributed by atoms with Crippen LogP contribution in [-0.2, 0) is 6.54 Å². The number of amides is 1. The van der Waals surface area contributed by atoms with E-state index in [1.165, 1.54) is 6.26 Å². The molecule has 0 fully saturated rings. The van der Waals surface area contributed by atoms with Crippen molar-refractivity contribution in [2.24, 2.45) is 0 Å². The molecule has 0 aliphatic carbocycles. The number of benzene rings is 2. The van der Waals surface area contributed by atoms with Gasteiger partial charge in [-0.05, 0) is 46.7 Å². The lowest BCUT2D eigenvalue weighted by Gasteiger charge is -2.06. The van der Waals surface area contributed by atoms with Gasteiger partial charge in [0.2, 0.25) is 0 Å². The van der Waals surface area contributed by atoms with Crippen molar-refractivity contribution in [1.29, 1.82) is 0 Å². The van der Waals surface area contributed by atoms with Gasteiger partial charge >= 0.3 is 0 Å². The second kappa shape index (κ2) is 5.71. The van der Waals surface area contributed by atoms with E-state index in [2.05, 4.69) is 11.4 Å². The zero-order chi connectivity index (χ0) is 14.7. The van der Waals surface area contributed by atoms with E-state index in [0.29, 0.717) is 12.3 Å². The van der Waals surface area contributed by atoms with Gasteiger partial charge < -0.3 is 14.5 Å². The lowest BCUT2D eigenvalue weighted by Crippen LogP contribution is -2.22. The van der Waals surface area contributed by atoms with Crippen molar-refractivity contribution in [2.75, 3.05) is 7.11 Å². The van der Waals surface area contributed by atoms with Crippen LogP contribution < -0.4 is 10.1 Å². The molecule has 3 rings (SSSR count). The van der Waals surface area contributed by atoms with Gasteiger partial charge in [-0.15, -0.1) is 0 Å². The second-order valence-electron chi connectivity index (χ2n) is 4.71. The van der Waals surface area contributed by atoms with Crippen LogP contribution in [0.25, 0.3) is 10.8 Å². The molecule has 0 unspecified atom stereocenters. The fourth-order valence-electron chi connectivity index (χ4n) is 2.19. The summed E-state index contributed by atoms with van der Waals surface area (Å²) in [4.78, 5) is 11.8. The summed E-state index contributed by atoms with van der Waals surface area (Å²) in [5.74, 6) is 0.941. The Morgan fingerprint density at radius 1 is 1.14 bits per heavy atom. The molecule has 1 aromatic heterocycles. The molecule has 0 bridgehead atoms. The summed E-state index contributed by atoms with van der Waals surface area (Å²) in [5.41, 5.74) is 1.03. The number of nitrogens with one attached hydrogen (secondary N) is 1. The van der Waals surface area contributed by atoms with Crippen LogP contribution in [0.1, 0.15) is 16.1 Å². The smallest absolute Gasteiger partial charge is 0.287 e. The first-order valence-corrected chi connectivity index (χ1v) is 6.64. The molecule has 4 heteroatoms. The minimum Gasteiger partial charge on any atom is -0.497 e. The van der Waals surface area contributed by atoms with Crippen molar-refractivity contribution in [1.82, 2.24) is 5.32 Å². The third kappa shape index (κ3) is 2.89. The predicted molar refractivity (Wildman–Crippen MR) is 80.4 cm³/mol. The monoisotopic (exact) mass is 281 g/mol. The van der Waals surface area contributed by atoms with E-state index < -0.39 is 0 Å². The van der Waals surface area contributed by atoms with Crippen LogP contribution in [0.15, 0.2) is 59.2 Å². The van der Waals surface area contributed by atoms with Crippen molar-refractivity contribution < 1.29 is 13.9 Å². The molecule has 1 heterocycles. The molecule has 0 aliphatic heterocycles. The Hall–Kier alpha value is -2.75. The molecule has 0 saturated heterocycles. The normalized spacial score (nSPS) is 10.5. The highest BCUT2D eigenvalue weighted by atomic mass is 16.5. The van der Waals surface area contributed by atoms with Gasteiger partial charge in [-0.25, -0.2) is 0 Å². The molecule has 0 aliphatic rings. The SMILES string of the molecule is COc1ccc2cc(CNC(=O)c3ccco3)ccc2c1. The van der Waals surface area contributed by atoms with Gasteiger partial charge in [-0.3, -0.25) is 4.79 Å².